The van der Waals surface area contributed by atoms with Crippen molar-refractivity contribution in [2.75, 3.05) is 0 Å². The normalized spacial score (nSPS) is 23.5. The standard InChI is InChI=1S/C13H15FN4O/c14-10-6-2-1-5-9(10)13-15-16-17-18(13)11-7-3-4-8-12(11)19/h1-2,5-6,11-12,19H,3-4,7-8H2. The number of hydrogen-bond donors (Lipinski definition) is 1. The fourth-order valence-corrected chi connectivity index (χ4v) is 2.61. The molecule has 1 aliphatic carbocycles. The molecule has 0 radical (unpaired) electrons. The smallest absolute Gasteiger partial charge is 0.185 e. The van der Waals surface area contributed by atoms with Gasteiger partial charge in [0.2, 0.25) is 0 Å². The molecule has 19 heavy (non-hydrogen) atoms. The van der Waals surface area contributed by atoms with Crippen LogP contribution in [-0.4, -0.2) is 31.4 Å². The Morgan fingerprint density at radius 1 is 1.21 bits per heavy atom. The molecule has 2 aromatic rings. The summed E-state index contributed by atoms with van der Waals surface area (Å²) >= 11 is 0. The van der Waals surface area contributed by atoms with Crippen LogP contribution in [0.2, 0.25) is 0 Å². The summed E-state index contributed by atoms with van der Waals surface area (Å²) in [5.41, 5.74) is 0.366. The number of rotatable bonds is 2. The summed E-state index contributed by atoms with van der Waals surface area (Å²) < 4.78 is 15.4. The van der Waals surface area contributed by atoms with Gasteiger partial charge in [-0.25, -0.2) is 9.07 Å². The molecule has 1 aromatic carbocycles. The molecule has 1 heterocycles. The van der Waals surface area contributed by atoms with Gasteiger partial charge < -0.3 is 5.11 Å². The predicted octanol–water partition coefficient (Wildman–Crippen LogP) is 1.96. The van der Waals surface area contributed by atoms with E-state index in [4.69, 9.17) is 0 Å². The molecule has 0 spiro atoms. The third-order valence-corrected chi connectivity index (χ3v) is 3.62. The van der Waals surface area contributed by atoms with Crippen molar-refractivity contribution in [1.82, 2.24) is 20.2 Å². The van der Waals surface area contributed by atoms with Crippen molar-refractivity contribution >= 4 is 0 Å². The molecular weight excluding hydrogens is 247 g/mol. The van der Waals surface area contributed by atoms with Crippen LogP contribution in [0.5, 0.6) is 0 Å². The summed E-state index contributed by atoms with van der Waals surface area (Å²) in [5.74, 6) is 0.0212. The Morgan fingerprint density at radius 3 is 2.79 bits per heavy atom. The number of hydrogen-bond acceptors (Lipinski definition) is 4. The zero-order valence-electron chi connectivity index (χ0n) is 10.4. The van der Waals surface area contributed by atoms with Crippen molar-refractivity contribution in [2.24, 2.45) is 0 Å². The topological polar surface area (TPSA) is 63.8 Å². The summed E-state index contributed by atoms with van der Waals surface area (Å²) in [5, 5.41) is 21.6. The molecule has 1 fully saturated rings. The molecule has 100 valence electrons. The zero-order chi connectivity index (χ0) is 13.2. The van der Waals surface area contributed by atoms with Crippen LogP contribution in [0.25, 0.3) is 11.4 Å². The van der Waals surface area contributed by atoms with E-state index in [1.165, 1.54) is 6.07 Å². The molecule has 0 saturated heterocycles. The first-order valence-electron chi connectivity index (χ1n) is 6.48. The van der Waals surface area contributed by atoms with E-state index in [1.807, 2.05) is 0 Å². The first-order chi connectivity index (χ1) is 9.27. The van der Waals surface area contributed by atoms with Gasteiger partial charge in [0.15, 0.2) is 5.82 Å². The Kier molecular flexibility index (Phi) is 3.25. The molecular formula is C13H15FN4O. The Labute approximate surface area is 110 Å². The van der Waals surface area contributed by atoms with E-state index in [-0.39, 0.29) is 11.9 Å². The van der Waals surface area contributed by atoms with Gasteiger partial charge in [-0.15, -0.1) is 5.10 Å². The third-order valence-electron chi connectivity index (χ3n) is 3.62. The molecule has 5 nitrogen and oxygen atoms in total. The van der Waals surface area contributed by atoms with Crippen LogP contribution in [0.4, 0.5) is 4.39 Å². The minimum absolute atomic E-state index is 0.168. The Hall–Kier alpha value is -1.82. The number of benzene rings is 1. The summed E-state index contributed by atoms with van der Waals surface area (Å²) in [4.78, 5) is 0. The number of aliphatic hydroxyl groups excluding tert-OH is 1. The largest absolute Gasteiger partial charge is 0.391 e. The zero-order valence-corrected chi connectivity index (χ0v) is 10.4. The molecule has 1 N–H and O–H groups in total. The maximum atomic E-state index is 13.8. The van der Waals surface area contributed by atoms with Crippen LogP contribution in [0.3, 0.4) is 0 Å². The molecule has 0 bridgehead atoms. The fourth-order valence-electron chi connectivity index (χ4n) is 2.61. The van der Waals surface area contributed by atoms with Gasteiger partial charge in [0.05, 0.1) is 17.7 Å². The third kappa shape index (κ3) is 2.23. The van der Waals surface area contributed by atoms with Crippen LogP contribution in [0, 0.1) is 5.82 Å². The highest BCUT2D eigenvalue weighted by molar-refractivity contribution is 5.55. The summed E-state index contributed by atoms with van der Waals surface area (Å²) in [6.07, 6.45) is 3.12. The number of aromatic nitrogens is 4. The van der Waals surface area contributed by atoms with E-state index in [9.17, 15) is 9.50 Å². The van der Waals surface area contributed by atoms with Gasteiger partial charge in [-0.3, -0.25) is 0 Å². The summed E-state index contributed by atoms with van der Waals surface area (Å²) in [6.45, 7) is 0. The van der Waals surface area contributed by atoms with Crippen molar-refractivity contribution in [3.05, 3.63) is 30.1 Å². The maximum Gasteiger partial charge on any atom is 0.185 e. The van der Waals surface area contributed by atoms with Crippen molar-refractivity contribution in [3.63, 3.8) is 0 Å². The minimum atomic E-state index is -0.470. The lowest BCUT2D eigenvalue weighted by Crippen LogP contribution is -2.29. The van der Waals surface area contributed by atoms with Gasteiger partial charge in [0.1, 0.15) is 5.82 Å². The van der Waals surface area contributed by atoms with Gasteiger partial charge in [-0.1, -0.05) is 25.0 Å². The highest BCUT2D eigenvalue weighted by atomic mass is 19.1. The highest BCUT2D eigenvalue weighted by Crippen LogP contribution is 2.31. The van der Waals surface area contributed by atoms with Crippen molar-refractivity contribution in [1.29, 1.82) is 0 Å². The van der Waals surface area contributed by atoms with E-state index >= 15 is 0 Å². The van der Waals surface area contributed by atoms with E-state index in [0.717, 1.165) is 25.7 Å². The Balaban J connectivity index is 2.01. The second-order valence-electron chi connectivity index (χ2n) is 4.85. The number of nitrogens with zero attached hydrogens (tertiary/aromatic N) is 4. The molecule has 1 aliphatic rings. The highest BCUT2D eigenvalue weighted by Gasteiger charge is 2.28. The van der Waals surface area contributed by atoms with Gasteiger partial charge in [0, 0.05) is 0 Å². The molecule has 2 atom stereocenters. The molecule has 3 rings (SSSR count). The second kappa shape index (κ2) is 5.05. The van der Waals surface area contributed by atoms with Crippen molar-refractivity contribution in [2.45, 2.75) is 37.8 Å². The van der Waals surface area contributed by atoms with Crippen LogP contribution < -0.4 is 0 Å². The van der Waals surface area contributed by atoms with Crippen LogP contribution in [0.1, 0.15) is 31.7 Å². The monoisotopic (exact) mass is 262 g/mol. The molecule has 2 unspecified atom stereocenters. The average Bonchev–Trinajstić information content (AvgIpc) is 2.89. The van der Waals surface area contributed by atoms with Crippen LogP contribution >= 0.6 is 0 Å². The van der Waals surface area contributed by atoms with Crippen LogP contribution in [0.15, 0.2) is 24.3 Å². The fraction of sp³-hybridized carbons (Fsp3) is 0.462. The lowest BCUT2D eigenvalue weighted by Gasteiger charge is -2.27. The molecule has 1 aromatic heterocycles. The van der Waals surface area contributed by atoms with Crippen molar-refractivity contribution in [3.8, 4) is 11.4 Å². The van der Waals surface area contributed by atoms with Gasteiger partial charge in [-0.2, -0.15) is 0 Å². The number of tetrazole rings is 1. The summed E-state index contributed by atoms with van der Waals surface area (Å²) in [6, 6.07) is 6.23. The van der Waals surface area contributed by atoms with E-state index < -0.39 is 6.10 Å². The summed E-state index contributed by atoms with van der Waals surface area (Å²) in [7, 11) is 0. The maximum absolute atomic E-state index is 13.8. The lowest BCUT2D eigenvalue weighted by atomic mass is 9.92. The lowest BCUT2D eigenvalue weighted by molar-refractivity contribution is 0.0692. The first-order valence-corrected chi connectivity index (χ1v) is 6.48. The average molecular weight is 262 g/mol. The number of aliphatic hydroxyl groups is 1. The van der Waals surface area contributed by atoms with E-state index in [2.05, 4.69) is 15.5 Å². The SMILES string of the molecule is OC1CCCCC1n1nnnc1-c1ccccc1F. The van der Waals surface area contributed by atoms with Gasteiger partial charge in [0.25, 0.3) is 0 Å². The minimum Gasteiger partial charge on any atom is -0.391 e. The Bertz CT molecular complexity index is 571. The quantitative estimate of drug-likeness (QED) is 0.898. The van der Waals surface area contributed by atoms with Crippen LogP contribution in [-0.2, 0) is 0 Å². The second-order valence-corrected chi connectivity index (χ2v) is 4.85. The van der Waals surface area contributed by atoms with Crippen molar-refractivity contribution < 1.29 is 9.50 Å². The Morgan fingerprint density at radius 2 is 2.00 bits per heavy atom. The predicted molar refractivity (Wildman–Crippen MR) is 66.7 cm³/mol. The number of halogens is 1. The van der Waals surface area contributed by atoms with Gasteiger partial charge >= 0.3 is 0 Å². The van der Waals surface area contributed by atoms with E-state index in [1.54, 1.807) is 22.9 Å². The molecule has 1 saturated carbocycles. The molecule has 0 amide bonds. The molecule has 0 aliphatic heterocycles. The first kappa shape index (κ1) is 12.2. The molecule has 6 heteroatoms. The van der Waals surface area contributed by atoms with E-state index in [0.29, 0.717) is 11.4 Å². The van der Waals surface area contributed by atoms with Gasteiger partial charge in [-0.05, 0) is 35.4 Å².